The third-order valence-electron chi connectivity index (χ3n) is 4.39. The van der Waals surface area contributed by atoms with Crippen LogP contribution in [0.3, 0.4) is 0 Å². The Hall–Kier alpha value is -2.93. The molecular formula is C20H20N6S. The molecule has 0 amide bonds. The van der Waals surface area contributed by atoms with Gasteiger partial charge in [-0.3, -0.25) is 4.98 Å². The number of anilines is 2. The molecule has 0 unspecified atom stereocenters. The molecule has 2 heterocycles. The van der Waals surface area contributed by atoms with Gasteiger partial charge < -0.3 is 10.6 Å². The molecule has 7 heteroatoms. The second-order valence-electron chi connectivity index (χ2n) is 6.54. The number of para-hydroxylation sites is 1. The number of thiocarbonyl (C=S) groups is 1. The van der Waals surface area contributed by atoms with Crippen LogP contribution in [0.15, 0.2) is 55.0 Å². The molecule has 136 valence electrons. The Bertz CT molecular complexity index is 927. The molecule has 1 aliphatic rings. The first-order valence-corrected chi connectivity index (χ1v) is 9.44. The summed E-state index contributed by atoms with van der Waals surface area (Å²) in [6.07, 6.45) is 7.09. The first-order chi connectivity index (χ1) is 13.3. The fourth-order valence-electron chi connectivity index (χ4n) is 2.73. The van der Waals surface area contributed by atoms with Gasteiger partial charge in [0.15, 0.2) is 5.82 Å². The van der Waals surface area contributed by atoms with E-state index in [9.17, 15) is 0 Å². The van der Waals surface area contributed by atoms with Crippen LogP contribution in [0.5, 0.6) is 0 Å². The predicted octanol–water partition coefficient (Wildman–Crippen LogP) is 3.74. The molecule has 6 nitrogen and oxygen atoms in total. The summed E-state index contributed by atoms with van der Waals surface area (Å²) < 4.78 is 0. The van der Waals surface area contributed by atoms with Gasteiger partial charge in [-0.1, -0.05) is 43.3 Å². The van der Waals surface area contributed by atoms with E-state index < -0.39 is 0 Å². The van der Waals surface area contributed by atoms with Crippen molar-refractivity contribution in [2.75, 3.05) is 11.9 Å². The third kappa shape index (κ3) is 4.83. The molecule has 2 aromatic heterocycles. The predicted molar refractivity (Wildman–Crippen MR) is 110 cm³/mol. The second kappa shape index (κ2) is 8.18. The summed E-state index contributed by atoms with van der Waals surface area (Å²) in [5, 5.41) is 6.48. The topological polar surface area (TPSA) is 75.6 Å². The molecule has 2 N–H and O–H groups in total. The maximum absolute atomic E-state index is 5.48. The largest absolute Gasteiger partial charge is 0.375 e. The minimum atomic E-state index is 0.495. The molecule has 1 aromatic carbocycles. The number of hydrogen-bond donors (Lipinski definition) is 2. The average Bonchev–Trinajstić information content (AvgIpc) is 3.53. The Morgan fingerprint density at radius 2 is 1.93 bits per heavy atom. The van der Waals surface area contributed by atoms with Crippen LogP contribution in [0.2, 0.25) is 0 Å². The number of nitrogens with zero attached hydrogens (tertiary/aromatic N) is 4. The standard InChI is InChI=1S/C20H20N6S/c27-19(22-10-8-14-6-7-14)17-12-15(9-11-21-17)18-23-13-24-20(26-18)25-16-4-2-1-3-5-16/h1-5,9,11-14H,6-8,10H2,(H,22,27)(H,23,24,25,26). The molecule has 1 fully saturated rings. The molecule has 0 atom stereocenters. The van der Waals surface area contributed by atoms with E-state index in [1.54, 1.807) is 6.20 Å². The number of pyridine rings is 1. The minimum absolute atomic E-state index is 0.495. The smallest absolute Gasteiger partial charge is 0.230 e. The summed E-state index contributed by atoms with van der Waals surface area (Å²) in [6, 6.07) is 13.6. The lowest BCUT2D eigenvalue weighted by molar-refractivity contribution is 0.702. The van der Waals surface area contributed by atoms with Crippen LogP contribution in [0.1, 0.15) is 25.0 Å². The molecule has 0 radical (unpaired) electrons. The van der Waals surface area contributed by atoms with Crippen LogP contribution in [-0.2, 0) is 0 Å². The average molecular weight is 376 g/mol. The Morgan fingerprint density at radius 1 is 1.07 bits per heavy atom. The van der Waals surface area contributed by atoms with Gasteiger partial charge in [-0.2, -0.15) is 4.98 Å². The van der Waals surface area contributed by atoms with E-state index in [1.807, 2.05) is 42.5 Å². The summed E-state index contributed by atoms with van der Waals surface area (Å²) in [4.78, 5) is 18.0. The van der Waals surface area contributed by atoms with Gasteiger partial charge in [0.1, 0.15) is 11.3 Å². The normalized spacial score (nSPS) is 13.2. The summed E-state index contributed by atoms with van der Waals surface area (Å²) in [6.45, 7) is 0.895. The highest BCUT2D eigenvalue weighted by molar-refractivity contribution is 7.80. The minimum Gasteiger partial charge on any atom is -0.375 e. The van der Waals surface area contributed by atoms with Crippen molar-refractivity contribution in [3.63, 3.8) is 0 Å². The van der Waals surface area contributed by atoms with E-state index in [0.717, 1.165) is 29.4 Å². The van der Waals surface area contributed by atoms with E-state index in [0.29, 0.717) is 16.8 Å². The Labute approximate surface area is 163 Å². The Balaban J connectivity index is 1.47. The van der Waals surface area contributed by atoms with Gasteiger partial charge in [-0.05, 0) is 36.6 Å². The molecule has 1 saturated carbocycles. The lowest BCUT2D eigenvalue weighted by Gasteiger charge is -2.09. The molecule has 3 aromatic rings. The molecule has 1 aliphatic carbocycles. The number of hydrogen-bond acceptors (Lipinski definition) is 6. The van der Waals surface area contributed by atoms with Crippen molar-refractivity contribution in [3.05, 3.63) is 60.7 Å². The van der Waals surface area contributed by atoms with E-state index in [1.165, 1.54) is 25.6 Å². The summed E-state index contributed by atoms with van der Waals surface area (Å²) in [5.74, 6) is 1.95. The maximum Gasteiger partial charge on any atom is 0.230 e. The highest BCUT2D eigenvalue weighted by Gasteiger charge is 2.20. The number of rotatable bonds is 7. The van der Waals surface area contributed by atoms with E-state index in [4.69, 9.17) is 12.2 Å². The molecule has 0 bridgehead atoms. The maximum atomic E-state index is 5.48. The van der Waals surface area contributed by atoms with Crippen LogP contribution >= 0.6 is 12.2 Å². The van der Waals surface area contributed by atoms with Crippen molar-refractivity contribution in [2.24, 2.45) is 5.92 Å². The summed E-state index contributed by atoms with van der Waals surface area (Å²) >= 11 is 5.48. The van der Waals surface area contributed by atoms with Gasteiger partial charge >= 0.3 is 0 Å². The fraction of sp³-hybridized carbons (Fsp3) is 0.250. The molecule has 0 aliphatic heterocycles. The quantitative estimate of drug-likeness (QED) is 0.608. The van der Waals surface area contributed by atoms with Crippen molar-refractivity contribution in [2.45, 2.75) is 19.3 Å². The third-order valence-corrected chi connectivity index (χ3v) is 4.74. The van der Waals surface area contributed by atoms with Gasteiger partial charge in [-0.25, -0.2) is 9.97 Å². The van der Waals surface area contributed by atoms with Gasteiger partial charge in [0.25, 0.3) is 0 Å². The molecular weight excluding hydrogens is 356 g/mol. The lowest BCUT2D eigenvalue weighted by atomic mass is 10.2. The van der Waals surface area contributed by atoms with Crippen molar-refractivity contribution in [1.82, 2.24) is 25.3 Å². The Kier molecular flexibility index (Phi) is 5.29. The van der Waals surface area contributed by atoms with E-state index in [2.05, 4.69) is 30.6 Å². The zero-order valence-electron chi connectivity index (χ0n) is 14.8. The zero-order valence-corrected chi connectivity index (χ0v) is 15.6. The van der Waals surface area contributed by atoms with Gasteiger partial charge in [0.05, 0.1) is 5.69 Å². The Morgan fingerprint density at radius 3 is 2.74 bits per heavy atom. The van der Waals surface area contributed by atoms with E-state index >= 15 is 0 Å². The van der Waals surface area contributed by atoms with Crippen LogP contribution in [0.25, 0.3) is 11.4 Å². The zero-order chi connectivity index (χ0) is 18.5. The van der Waals surface area contributed by atoms with Crippen LogP contribution < -0.4 is 10.6 Å². The van der Waals surface area contributed by atoms with Gasteiger partial charge in [-0.15, -0.1) is 0 Å². The SMILES string of the molecule is S=C(NCCC1CC1)c1cc(-c2ncnc(Nc3ccccc3)n2)ccn1. The van der Waals surface area contributed by atoms with Gasteiger partial charge in [0, 0.05) is 24.0 Å². The molecule has 27 heavy (non-hydrogen) atoms. The molecule has 4 rings (SSSR count). The van der Waals surface area contributed by atoms with Crippen LogP contribution in [0.4, 0.5) is 11.6 Å². The van der Waals surface area contributed by atoms with Gasteiger partial charge in [0.2, 0.25) is 5.95 Å². The first kappa shape index (κ1) is 17.5. The lowest BCUT2D eigenvalue weighted by Crippen LogP contribution is -2.24. The summed E-state index contributed by atoms with van der Waals surface area (Å²) in [7, 11) is 0. The van der Waals surface area contributed by atoms with Crippen LogP contribution in [0, 0.1) is 5.92 Å². The number of benzene rings is 1. The number of nitrogens with one attached hydrogen (secondary N) is 2. The highest BCUT2D eigenvalue weighted by atomic mass is 32.1. The van der Waals surface area contributed by atoms with Crippen LogP contribution in [-0.4, -0.2) is 31.5 Å². The summed E-state index contributed by atoms with van der Waals surface area (Å²) in [5.41, 5.74) is 2.51. The first-order valence-electron chi connectivity index (χ1n) is 9.04. The fourth-order valence-corrected chi connectivity index (χ4v) is 2.94. The van der Waals surface area contributed by atoms with Crippen molar-refractivity contribution >= 4 is 28.8 Å². The number of aromatic nitrogens is 4. The molecule has 0 spiro atoms. The van der Waals surface area contributed by atoms with Crippen molar-refractivity contribution in [3.8, 4) is 11.4 Å². The van der Waals surface area contributed by atoms with E-state index in [-0.39, 0.29) is 0 Å². The highest BCUT2D eigenvalue weighted by Crippen LogP contribution is 2.31. The second-order valence-corrected chi connectivity index (χ2v) is 6.95. The monoisotopic (exact) mass is 376 g/mol. The van der Waals surface area contributed by atoms with Crippen molar-refractivity contribution < 1.29 is 0 Å². The molecule has 0 saturated heterocycles. The van der Waals surface area contributed by atoms with Crippen molar-refractivity contribution in [1.29, 1.82) is 0 Å².